The third-order valence-electron chi connectivity index (χ3n) is 3.46. The van der Waals surface area contributed by atoms with Crippen LogP contribution in [0.4, 0.5) is 4.39 Å². The summed E-state index contributed by atoms with van der Waals surface area (Å²) < 4.78 is 18.2. The smallest absolute Gasteiger partial charge is 0.251 e. The minimum atomic E-state index is -0.341. The van der Waals surface area contributed by atoms with Crippen molar-refractivity contribution in [3.63, 3.8) is 0 Å². The Morgan fingerprint density at radius 3 is 2.84 bits per heavy atom. The van der Waals surface area contributed by atoms with E-state index in [0.29, 0.717) is 5.56 Å². The molecule has 3 rings (SSSR count). The first-order valence-corrected chi connectivity index (χ1v) is 6.37. The third kappa shape index (κ3) is 2.38. The Kier molecular flexibility index (Phi) is 3.07. The standard InChI is InChI=1S/C15H14FNO2/c16-11-6-4-10(5-7-11)15(18)17-13-2-1-3-14-12(13)8-9-19-14/h4-9,13H,1-3H2,(H,17,18)/t13-/m1/s1. The normalized spacial score (nSPS) is 17.8. The minimum Gasteiger partial charge on any atom is -0.469 e. The van der Waals surface area contributed by atoms with Crippen molar-refractivity contribution < 1.29 is 13.6 Å². The number of carbonyl (C=O) groups excluding carboxylic acids is 1. The van der Waals surface area contributed by atoms with Gasteiger partial charge in [-0.3, -0.25) is 4.79 Å². The summed E-state index contributed by atoms with van der Waals surface area (Å²) in [6, 6.07) is 7.45. The predicted molar refractivity (Wildman–Crippen MR) is 68.3 cm³/mol. The van der Waals surface area contributed by atoms with Gasteiger partial charge in [0.1, 0.15) is 11.6 Å². The molecule has 0 spiro atoms. The van der Waals surface area contributed by atoms with E-state index in [4.69, 9.17) is 4.42 Å². The number of furan rings is 1. The molecule has 1 aliphatic rings. The average Bonchev–Trinajstić information content (AvgIpc) is 2.89. The van der Waals surface area contributed by atoms with Crippen LogP contribution in [0.3, 0.4) is 0 Å². The molecular formula is C15H14FNO2. The van der Waals surface area contributed by atoms with Gasteiger partial charge in [-0.05, 0) is 43.2 Å². The lowest BCUT2D eigenvalue weighted by Crippen LogP contribution is -2.30. The molecule has 0 unspecified atom stereocenters. The molecule has 1 aromatic heterocycles. The van der Waals surface area contributed by atoms with E-state index in [1.807, 2.05) is 6.07 Å². The van der Waals surface area contributed by atoms with Crippen LogP contribution in [0, 0.1) is 5.82 Å². The van der Waals surface area contributed by atoms with E-state index in [0.717, 1.165) is 30.6 Å². The second-order valence-corrected chi connectivity index (χ2v) is 4.72. The number of hydrogen-bond acceptors (Lipinski definition) is 2. The molecule has 0 saturated carbocycles. The highest BCUT2D eigenvalue weighted by Gasteiger charge is 2.24. The fourth-order valence-electron chi connectivity index (χ4n) is 2.48. The summed E-state index contributed by atoms with van der Waals surface area (Å²) in [6.45, 7) is 0. The minimum absolute atomic E-state index is 0.0138. The molecular weight excluding hydrogens is 245 g/mol. The number of amides is 1. The highest BCUT2D eigenvalue weighted by molar-refractivity contribution is 5.94. The Hall–Kier alpha value is -2.10. The van der Waals surface area contributed by atoms with Gasteiger partial charge in [0, 0.05) is 17.5 Å². The maximum Gasteiger partial charge on any atom is 0.251 e. The SMILES string of the molecule is O=C(N[C@@H]1CCCc2occc21)c1ccc(F)cc1. The quantitative estimate of drug-likeness (QED) is 0.899. The van der Waals surface area contributed by atoms with E-state index in [2.05, 4.69) is 5.32 Å². The Labute approximate surface area is 110 Å². The van der Waals surface area contributed by atoms with E-state index >= 15 is 0 Å². The predicted octanol–water partition coefficient (Wildman–Crippen LogP) is 3.23. The highest BCUT2D eigenvalue weighted by atomic mass is 19.1. The molecule has 0 radical (unpaired) electrons. The number of carbonyl (C=O) groups is 1. The van der Waals surface area contributed by atoms with Crippen molar-refractivity contribution in [3.05, 3.63) is 59.3 Å². The van der Waals surface area contributed by atoms with Crippen LogP contribution in [0.1, 0.15) is 40.6 Å². The van der Waals surface area contributed by atoms with Crippen molar-refractivity contribution in [2.24, 2.45) is 0 Å². The van der Waals surface area contributed by atoms with Crippen molar-refractivity contribution in [1.29, 1.82) is 0 Å². The van der Waals surface area contributed by atoms with E-state index in [-0.39, 0.29) is 17.8 Å². The third-order valence-corrected chi connectivity index (χ3v) is 3.46. The van der Waals surface area contributed by atoms with Gasteiger partial charge in [-0.2, -0.15) is 0 Å². The molecule has 98 valence electrons. The molecule has 0 saturated heterocycles. The molecule has 1 aromatic carbocycles. The van der Waals surface area contributed by atoms with Crippen LogP contribution in [-0.4, -0.2) is 5.91 Å². The Morgan fingerprint density at radius 1 is 1.26 bits per heavy atom. The molecule has 0 fully saturated rings. The van der Waals surface area contributed by atoms with Gasteiger partial charge in [0.25, 0.3) is 5.91 Å². The summed E-state index contributed by atoms with van der Waals surface area (Å²) in [5.74, 6) is 0.432. The number of benzene rings is 1. The first-order valence-electron chi connectivity index (χ1n) is 6.37. The van der Waals surface area contributed by atoms with Gasteiger partial charge in [-0.15, -0.1) is 0 Å². The lowest BCUT2D eigenvalue weighted by atomic mass is 9.93. The van der Waals surface area contributed by atoms with Gasteiger partial charge in [-0.25, -0.2) is 4.39 Å². The maximum atomic E-state index is 12.8. The molecule has 0 bridgehead atoms. The molecule has 0 aliphatic heterocycles. The van der Waals surface area contributed by atoms with Gasteiger partial charge >= 0.3 is 0 Å². The van der Waals surface area contributed by atoms with Crippen molar-refractivity contribution >= 4 is 5.91 Å². The van der Waals surface area contributed by atoms with Gasteiger partial charge in [0.05, 0.1) is 12.3 Å². The van der Waals surface area contributed by atoms with Crippen LogP contribution in [0.2, 0.25) is 0 Å². The van der Waals surface area contributed by atoms with Gasteiger partial charge < -0.3 is 9.73 Å². The number of nitrogens with one attached hydrogen (secondary N) is 1. The topological polar surface area (TPSA) is 42.2 Å². The zero-order valence-electron chi connectivity index (χ0n) is 10.4. The van der Waals surface area contributed by atoms with Crippen LogP contribution in [0.5, 0.6) is 0 Å². The number of fused-ring (bicyclic) bond motifs is 1. The van der Waals surface area contributed by atoms with Gasteiger partial charge in [-0.1, -0.05) is 0 Å². The summed E-state index contributed by atoms with van der Waals surface area (Å²) in [6.07, 6.45) is 4.48. The number of aryl methyl sites for hydroxylation is 1. The molecule has 4 heteroatoms. The second-order valence-electron chi connectivity index (χ2n) is 4.72. The zero-order valence-corrected chi connectivity index (χ0v) is 10.4. The van der Waals surface area contributed by atoms with Crippen LogP contribution in [0.25, 0.3) is 0 Å². The van der Waals surface area contributed by atoms with E-state index in [9.17, 15) is 9.18 Å². The van der Waals surface area contributed by atoms with Gasteiger partial charge in [0.2, 0.25) is 0 Å². The average molecular weight is 259 g/mol. The Balaban J connectivity index is 1.76. The molecule has 2 aromatic rings. The molecule has 3 nitrogen and oxygen atoms in total. The summed E-state index contributed by atoms with van der Waals surface area (Å²) in [5, 5.41) is 2.98. The highest BCUT2D eigenvalue weighted by Crippen LogP contribution is 2.30. The van der Waals surface area contributed by atoms with Crippen molar-refractivity contribution in [2.45, 2.75) is 25.3 Å². The zero-order chi connectivity index (χ0) is 13.2. The van der Waals surface area contributed by atoms with Crippen molar-refractivity contribution in [3.8, 4) is 0 Å². The van der Waals surface area contributed by atoms with Crippen LogP contribution in [-0.2, 0) is 6.42 Å². The number of rotatable bonds is 2. The Morgan fingerprint density at radius 2 is 2.05 bits per heavy atom. The van der Waals surface area contributed by atoms with Crippen molar-refractivity contribution in [1.82, 2.24) is 5.32 Å². The molecule has 1 aliphatic carbocycles. The monoisotopic (exact) mass is 259 g/mol. The van der Waals surface area contributed by atoms with Crippen LogP contribution in [0.15, 0.2) is 41.0 Å². The summed E-state index contributed by atoms with van der Waals surface area (Å²) >= 11 is 0. The lowest BCUT2D eigenvalue weighted by molar-refractivity contribution is 0.0932. The second kappa shape index (κ2) is 4.88. The summed E-state index contributed by atoms with van der Waals surface area (Å²) in [5.41, 5.74) is 1.53. The first-order chi connectivity index (χ1) is 9.24. The van der Waals surface area contributed by atoms with Crippen molar-refractivity contribution in [2.75, 3.05) is 0 Å². The van der Waals surface area contributed by atoms with Gasteiger partial charge in [0.15, 0.2) is 0 Å². The summed E-state index contributed by atoms with van der Waals surface area (Å²) in [7, 11) is 0. The summed E-state index contributed by atoms with van der Waals surface area (Å²) in [4.78, 5) is 12.1. The van der Waals surface area contributed by atoms with Crippen LogP contribution < -0.4 is 5.32 Å². The lowest BCUT2D eigenvalue weighted by Gasteiger charge is -2.22. The molecule has 1 N–H and O–H groups in total. The molecule has 1 amide bonds. The number of halogens is 1. The number of hydrogen-bond donors (Lipinski definition) is 1. The van der Waals surface area contributed by atoms with E-state index < -0.39 is 0 Å². The fraction of sp³-hybridized carbons (Fsp3) is 0.267. The Bertz CT molecular complexity index is 588. The largest absolute Gasteiger partial charge is 0.469 e. The van der Waals surface area contributed by atoms with E-state index in [1.54, 1.807) is 6.26 Å². The molecule has 1 atom stereocenters. The van der Waals surface area contributed by atoms with E-state index in [1.165, 1.54) is 24.3 Å². The molecule has 1 heterocycles. The maximum absolute atomic E-state index is 12.8. The van der Waals surface area contributed by atoms with Crippen LogP contribution >= 0.6 is 0 Å². The molecule has 19 heavy (non-hydrogen) atoms. The first kappa shape index (κ1) is 12.0. The fourth-order valence-corrected chi connectivity index (χ4v) is 2.48.